The van der Waals surface area contributed by atoms with E-state index in [-0.39, 0.29) is 0 Å². The van der Waals surface area contributed by atoms with Crippen LogP contribution in [-0.2, 0) is 0 Å². The van der Waals surface area contributed by atoms with Crippen molar-refractivity contribution in [3.05, 3.63) is 35.9 Å². The molecule has 2 aliphatic heterocycles. The Labute approximate surface area is 123 Å². The van der Waals surface area contributed by atoms with E-state index in [0.29, 0.717) is 6.04 Å². The average Bonchev–Trinajstić information content (AvgIpc) is 2.71. The standard InChI is InChI=1S/C17H27N3/c1-18-12-17(14-6-4-3-5-7-14)20-11-10-15-8-9-16(13-20)19(15)2/h3-7,15-18H,8-13H2,1-2H3. The fraction of sp³-hybridized carbons (Fsp3) is 0.647. The number of rotatable bonds is 4. The van der Waals surface area contributed by atoms with Gasteiger partial charge in [0.2, 0.25) is 0 Å². The molecular formula is C17H27N3. The number of hydrogen-bond acceptors (Lipinski definition) is 3. The summed E-state index contributed by atoms with van der Waals surface area (Å²) in [4.78, 5) is 5.33. The predicted molar refractivity (Wildman–Crippen MR) is 83.9 cm³/mol. The van der Waals surface area contributed by atoms with Gasteiger partial charge in [0.05, 0.1) is 0 Å². The lowest BCUT2D eigenvalue weighted by Crippen LogP contribution is -2.41. The number of fused-ring (bicyclic) bond motifs is 2. The molecule has 0 amide bonds. The third kappa shape index (κ3) is 2.76. The fourth-order valence-corrected chi connectivity index (χ4v) is 3.94. The Kier molecular flexibility index (Phi) is 4.39. The van der Waals surface area contributed by atoms with E-state index in [1.54, 1.807) is 0 Å². The number of nitrogens with one attached hydrogen (secondary N) is 1. The summed E-state index contributed by atoms with van der Waals surface area (Å²) in [7, 11) is 4.38. The average molecular weight is 273 g/mol. The molecule has 3 nitrogen and oxygen atoms in total. The minimum Gasteiger partial charge on any atom is -0.318 e. The Morgan fingerprint density at radius 3 is 2.65 bits per heavy atom. The molecule has 2 bridgehead atoms. The van der Waals surface area contributed by atoms with Gasteiger partial charge in [0, 0.05) is 37.8 Å². The first-order chi connectivity index (χ1) is 9.79. The quantitative estimate of drug-likeness (QED) is 0.906. The topological polar surface area (TPSA) is 18.5 Å². The molecule has 1 aromatic rings. The van der Waals surface area contributed by atoms with Gasteiger partial charge in [-0.25, -0.2) is 0 Å². The molecule has 3 heteroatoms. The van der Waals surface area contributed by atoms with Gasteiger partial charge in [-0.05, 0) is 38.9 Å². The lowest BCUT2D eigenvalue weighted by Gasteiger charge is -2.33. The number of benzene rings is 1. The van der Waals surface area contributed by atoms with Crippen molar-refractivity contribution in [1.82, 2.24) is 15.1 Å². The maximum atomic E-state index is 3.38. The summed E-state index contributed by atoms with van der Waals surface area (Å²) >= 11 is 0. The van der Waals surface area contributed by atoms with Gasteiger partial charge >= 0.3 is 0 Å². The van der Waals surface area contributed by atoms with Gasteiger partial charge in [-0.15, -0.1) is 0 Å². The highest BCUT2D eigenvalue weighted by Crippen LogP contribution is 2.32. The van der Waals surface area contributed by atoms with Crippen LogP contribution in [0.3, 0.4) is 0 Å². The lowest BCUT2D eigenvalue weighted by atomic mass is 10.0. The molecule has 1 aromatic carbocycles. The van der Waals surface area contributed by atoms with E-state index in [0.717, 1.165) is 18.6 Å². The van der Waals surface area contributed by atoms with Crippen LogP contribution in [0.2, 0.25) is 0 Å². The summed E-state index contributed by atoms with van der Waals surface area (Å²) in [5.74, 6) is 0. The normalized spacial score (nSPS) is 29.3. The minimum absolute atomic E-state index is 0.508. The van der Waals surface area contributed by atoms with Crippen LogP contribution in [0.25, 0.3) is 0 Å². The van der Waals surface area contributed by atoms with Crippen LogP contribution in [-0.4, -0.2) is 55.6 Å². The first-order valence-corrected chi connectivity index (χ1v) is 7.95. The molecule has 0 radical (unpaired) electrons. The lowest BCUT2D eigenvalue weighted by molar-refractivity contribution is 0.170. The molecule has 1 N–H and O–H groups in total. The van der Waals surface area contributed by atoms with Gasteiger partial charge in [0.15, 0.2) is 0 Å². The van der Waals surface area contributed by atoms with Crippen molar-refractivity contribution in [2.24, 2.45) is 0 Å². The third-order valence-electron chi connectivity index (χ3n) is 5.20. The van der Waals surface area contributed by atoms with Crippen molar-refractivity contribution in [2.75, 3.05) is 33.7 Å². The van der Waals surface area contributed by atoms with E-state index in [1.165, 1.54) is 37.9 Å². The van der Waals surface area contributed by atoms with Crippen LogP contribution in [0.5, 0.6) is 0 Å². The van der Waals surface area contributed by atoms with Gasteiger partial charge < -0.3 is 5.32 Å². The van der Waals surface area contributed by atoms with E-state index in [2.05, 4.69) is 59.5 Å². The molecule has 2 aliphatic rings. The second-order valence-electron chi connectivity index (χ2n) is 6.32. The second kappa shape index (κ2) is 6.25. The van der Waals surface area contributed by atoms with Crippen molar-refractivity contribution in [1.29, 1.82) is 0 Å². The van der Waals surface area contributed by atoms with Crippen LogP contribution >= 0.6 is 0 Å². The molecule has 3 unspecified atom stereocenters. The minimum atomic E-state index is 0.508. The zero-order valence-electron chi connectivity index (χ0n) is 12.8. The predicted octanol–water partition coefficient (Wildman–Crippen LogP) is 2.12. The third-order valence-corrected chi connectivity index (χ3v) is 5.20. The van der Waals surface area contributed by atoms with Crippen molar-refractivity contribution >= 4 is 0 Å². The van der Waals surface area contributed by atoms with Crippen LogP contribution < -0.4 is 5.32 Å². The summed E-state index contributed by atoms with van der Waals surface area (Å²) in [5.41, 5.74) is 1.45. The molecule has 0 saturated carbocycles. The Balaban J connectivity index is 1.78. The highest BCUT2D eigenvalue weighted by Gasteiger charge is 2.36. The Bertz CT molecular complexity index is 420. The zero-order valence-corrected chi connectivity index (χ0v) is 12.8. The van der Waals surface area contributed by atoms with Gasteiger partial charge in [-0.2, -0.15) is 0 Å². The molecule has 3 rings (SSSR count). The number of hydrogen-bond donors (Lipinski definition) is 1. The summed E-state index contributed by atoms with van der Waals surface area (Å²) in [5, 5.41) is 3.38. The van der Waals surface area contributed by atoms with E-state index < -0.39 is 0 Å². The molecule has 2 saturated heterocycles. The second-order valence-corrected chi connectivity index (χ2v) is 6.32. The highest BCUT2D eigenvalue weighted by molar-refractivity contribution is 5.20. The van der Waals surface area contributed by atoms with Gasteiger partial charge in [-0.1, -0.05) is 30.3 Å². The highest BCUT2D eigenvalue weighted by atomic mass is 15.3. The smallest absolute Gasteiger partial charge is 0.0473 e. The van der Waals surface area contributed by atoms with E-state index in [4.69, 9.17) is 0 Å². The first-order valence-electron chi connectivity index (χ1n) is 7.95. The largest absolute Gasteiger partial charge is 0.318 e. The molecule has 20 heavy (non-hydrogen) atoms. The van der Waals surface area contributed by atoms with Gasteiger partial charge in [0.1, 0.15) is 0 Å². The van der Waals surface area contributed by atoms with Crippen LogP contribution in [0, 0.1) is 0 Å². The molecule has 0 spiro atoms. The van der Waals surface area contributed by atoms with E-state index in [1.807, 2.05) is 0 Å². The van der Waals surface area contributed by atoms with Crippen LogP contribution in [0.4, 0.5) is 0 Å². The molecular weight excluding hydrogens is 246 g/mol. The van der Waals surface area contributed by atoms with Crippen molar-refractivity contribution in [3.8, 4) is 0 Å². The monoisotopic (exact) mass is 273 g/mol. The molecule has 0 aliphatic carbocycles. The SMILES string of the molecule is CNCC(c1ccccc1)N1CCC2CCC(C1)N2C. The first kappa shape index (κ1) is 14.1. The van der Waals surface area contributed by atoms with Gasteiger partial charge in [0.25, 0.3) is 0 Å². The summed E-state index contributed by atoms with van der Waals surface area (Å²) in [6, 6.07) is 13.1. The number of likely N-dealkylation sites (tertiary alicyclic amines) is 1. The molecule has 3 atom stereocenters. The van der Waals surface area contributed by atoms with Crippen molar-refractivity contribution in [3.63, 3.8) is 0 Å². The Morgan fingerprint density at radius 2 is 1.90 bits per heavy atom. The van der Waals surface area contributed by atoms with Crippen LogP contribution in [0.15, 0.2) is 30.3 Å². The molecule has 0 aromatic heterocycles. The van der Waals surface area contributed by atoms with Crippen LogP contribution in [0.1, 0.15) is 30.9 Å². The summed E-state index contributed by atoms with van der Waals surface area (Å²) in [6.45, 7) is 3.48. The molecule has 110 valence electrons. The zero-order chi connectivity index (χ0) is 13.9. The van der Waals surface area contributed by atoms with Crippen molar-refractivity contribution in [2.45, 2.75) is 37.4 Å². The maximum Gasteiger partial charge on any atom is 0.0473 e. The molecule has 2 fully saturated rings. The summed E-state index contributed by atoms with van der Waals surface area (Å²) in [6.07, 6.45) is 4.09. The molecule has 2 heterocycles. The Hall–Kier alpha value is -0.900. The van der Waals surface area contributed by atoms with Crippen molar-refractivity contribution < 1.29 is 0 Å². The summed E-state index contributed by atoms with van der Waals surface area (Å²) < 4.78 is 0. The van der Waals surface area contributed by atoms with Gasteiger partial charge in [-0.3, -0.25) is 9.80 Å². The van der Waals surface area contributed by atoms with E-state index in [9.17, 15) is 0 Å². The maximum absolute atomic E-state index is 3.38. The number of nitrogens with zero attached hydrogens (tertiary/aromatic N) is 2. The Morgan fingerprint density at radius 1 is 1.15 bits per heavy atom. The fourth-order valence-electron chi connectivity index (χ4n) is 3.94. The van der Waals surface area contributed by atoms with E-state index >= 15 is 0 Å². The number of likely N-dealkylation sites (N-methyl/N-ethyl adjacent to an activating group) is 2.